The van der Waals surface area contributed by atoms with Crippen LogP contribution >= 0.6 is 0 Å². The second-order valence-corrected chi connectivity index (χ2v) is 3.69. The molecule has 0 aliphatic rings. The minimum absolute atomic E-state index is 0.127. The lowest BCUT2D eigenvalue weighted by Gasteiger charge is -2.26. The number of hydrogen-bond donors (Lipinski definition) is 0. The predicted molar refractivity (Wildman–Crippen MR) is 65.3 cm³/mol. The maximum Gasteiger partial charge on any atom is 0.126 e. The zero-order chi connectivity index (χ0) is 11.3. The van der Waals surface area contributed by atoms with Gasteiger partial charge in [0.1, 0.15) is 6.23 Å². The minimum Gasteiger partial charge on any atom is -0.359 e. The van der Waals surface area contributed by atoms with Crippen molar-refractivity contribution >= 4 is 5.69 Å². The first kappa shape index (κ1) is 12.1. The monoisotopic (exact) mass is 207 g/mol. The van der Waals surface area contributed by atoms with Gasteiger partial charge in [0.2, 0.25) is 0 Å². The van der Waals surface area contributed by atoms with E-state index in [4.69, 9.17) is 4.74 Å². The molecule has 2 nitrogen and oxygen atoms in total. The van der Waals surface area contributed by atoms with E-state index in [0.717, 1.165) is 13.0 Å². The van der Waals surface area contributed by atoms with Gasteiger partial charge < -0.3 is 9.64 Å². The van der Waals surface area contributed by atoms with Gasteiger partial charge in [-0.3, -0.25) is 0 Å². The van der Waals surface area contributed by atoms with Crippen LogP contribution in [0, 0.1) is 0 Å². The molecule has 84 valence electrons. The van der Waals surface area contributed by atoms with Gasteiger partial charge in [-0.2, -0.15) is 0 Å². The normalized spacial score (nSPS) is 12.5. The van der Waals surface area contributed by atoms with E-state index in [1.807, 2.05) is 6.92 Å². The zero-order valence-corrected chi connectivity index (χ0v) is 10.2. The Morgan fingerprint density at radius 2 is 2.07 bits per heavy atom. The second-order valence-electron chi connectivity index (χ2n) is 3.69. The topological polar surface area (TPSA) is 12.5 Å². The molecular weight excluding hydrogens is 186 g/mol. The van der Waals surface area contributed by atoms with Gasteiger partial charge in [0.05, 0.1) is 0 Å². The first-order chi connectivity index (χ1) is 7.19. The van der Waals surface area contributed by atoms with Crippen LogP contribution in [0.1, 0.15) is 26.3 Å². The van der Waals surface area contributed by atoms with Crippen LogP contribution in [0.3, 0.4) is 0 Å². The van der Waals surface area contributed by atoms with Crippen molar-refractivity contribution in [3.8, 4) is 0 Å². The summed E-state index contributed by atoms with van der Waals surface area (Å²) in [5, 5.41) is 0. The lowest BCUT2D eigenvalue weighted by Crippen LogP contribution is -2.31. The summed E-state index contributed by atoms with van der Waals surface area (Å²) in [4.78, 5) is 2.16. The Morgan fingerprint density at radius 3 is 2.67 bits per heavy atom. The van der Waals surface area contributed by atoms with Gasteiger partial charge in [0, 0.05) is 19.3 Å². The number of benzene rings is 1. The molecule has 0 aromatic heterocycles. The largest absolute Gasteiger partial charge is 0.359 e. The quantitative estimate of drug-likeness (QED) is 0.688. The molecule has 1 unspecified atom stereocenters. The van der Waals surface area contributed by atoms with Crippen molar-refractivity contribution in [2.24, 2.45) is 0 Å². The third kappa shape index (κ3) is 3.24. The summed E-state index contributed by atoms with van der Waals surface area (Å²) < 4.78 is 5.56. The summed E-state index contributed by atoms with van der Waals surface area (Å²) in [7, 11) is 2.06. The third-order valence-corrected chi connectivity index (χ3v) is 2.68. The fraction of sp³-hybridized carbons (Fsp3) is 0.538. The summed E-state index contributed by atoms with van der Waals surface area (Å²) in [5.41, 5.74) is 2.58. The van der Waals surface area contributed by atoms with Crippen LogP contribution in [0.5, 0.6) is 0 Å². The van der Waals surface area contributed by atoms with E-state index >= 15 is 0 Å². The number of hydrogen-bond acceptors (Lipinski definition) is 2. The van der Waals surface area contributed by atoms with Crippen molar-refractivity contribution in [2.75, 3.05) is 18.6 Å². The second kappa shape index (κ2) is 5.76. The molecule has 1 atom stereocenters. The summed E-state index contributed by atoms with van der Waals surface area (Å²) >= 11 is 0. The van der Waals surface area contributed by atoms with Crippen LogP contribution in [0.4, 0.5) is 5.69 Å². The Hall–Kier alpha value is -1.02. The average Bonchev–Trinajstić information content (AvgIpc) is 2.28. The highest BCUT2D eigenvalue weighted by atomic mass is 16.5. The maximum atomic E-state index is 5.56. The van der Waals surface area contributed by atoms with E-state index in [9.17, 15) is 0 Å². The van der Waals surface area contributed by atoms with Crippen molar-refractivity contribution in [1.82, 2.24) is 0 Å². The van der Waals surface area contributed by atoms with E-state index in [2.05, 4.69) is 50.1 Å². The molecule has 1 aromatic carbocycles. The van der Waals surface area contributed by atoms with E-state index < -0.39 is 0 Å². The van der Waals surface area contributed by atoms with Gasteiger partial charge in [-0.05, 0) is 38.0 Å². The van der Waals surface area contributed by atoms with Crippen LogP contribution < -0.4 is 4.90 Å². The standard InChI is InChI=1S/C13H21NO/c1-5-12-8-7-9-13(10-12)14(4)11(3)15-6-2/h7-11H,5-6H2,1-4H3. The molecule has 0 heterocycles. The molecule has 0 aliphatic heterocycles. The molecule has 0 saturated carbocycles. The molecule has 0 saturated heterocycles. The van der Waals surface area contributed by atoms with Gasteiger partial charge in [-0.1, -0.05) is 19.1 Å². The average molecular weight is 207 g/mol. The van der Waals surface area contributed by atoms with Crippen molar-refractivity contribution in [3.05, 3.63) is 29.8 Å². The Morgan fingerprint density at radius 1 is 1.33 bits per heavy atom. The third-order valence-electron chi connectivity index (χ3n) is 2.68. The molecule has 0 spiro atoms. The lowest BCUT2D eigenvalue weighted by molar-refractivity contribution is 0.0772. The SMILES string of the molecule is CCOC(C)N(C)c1cccc(CC)c1. The van der Waals surface area contributed by atoms with Gasteiger partial charge in [-0.25, -0.2) is 0 Å². The van der Waals surface area contributed by atoms with Crippen LogP contribution in [-0.2, 0) is 11.2 Å². The highest BCUT2D eigenvalue weighted by Crippen LogP contribution is 2.17. The van der Waals surface area contributed by atoms with Crippen LogP contribution in [0.2, 0.25) is 0 Å². The summed E-state index contributed by atoms with van der Waals surface area (Å²) in [6, 6.07) is 8.59. The molecule has 0 amide bonds. The number of aryl methyl sites for hydroxylation is 1. The fourth-order valence-corrected chi connectivity index (χ4v) is 1.56. The van der Waals surface area contributed by atoms with Crippen LogP contribution in [0.15, 0.2) is 24.3 Å². The molecular formula is C13H21NO. The molecule has 1 rings (SSSR count). The number of ether oxygens (including phenoxy) is 1. The first-order valence-corrected chi connectivity index (χ1v) is 5.62. The summed E-state index contributed by atoms with van der Waals surface area (Å²) in [6.45, 7) is 7.01. The summed E-state index contributed by atoms with van der Waals surface area (Å²) in [5.74, 6) is 0. The first-order valence-electron chi connectivity index (χ1n) is 5.62. The van der Waals surface area contributed by atoms with Crippen molar-refractivity contribution < 1.29 is 4.74 Å². The molecule has 2 heteroatoms. The predicted octanol–water partition coefficient (Wildman–Crippen LogP) is 3.07. The lowest BCUT2D eigenvalue weighted by atomic mass is 10.1. The molecule has 0 fully saturated rings. The smallest absolute Gasteiger partial charge is 0.126 e. The molecule has 15 heavy (non-hydrogen) atoms. The van der Waals surface area contributed by atoms with Gasteiger partial charge in [0.25, 0.3) is 0 Å². The van der Waals surface area contributed by atoms with E-state index in [1.165, 1.54) is 11.3 Å². The van der Waals surface area contributed by atoms with Crippen molar-refractivity contribution in [2.45, 2.75) is 33.4 Å². The number of anilines is 1. The van der Waals surface area contributed by atoms with Gasteiger partial charge in [-0.15, -0.1) is 0 Å². The van der Waals surface area contributed by atoms with Crippen molar-refractivity contribution in [3.63, 3.8) is 0 Å². The van der Waals surface area contributed by atoms with E-state index in [1.54, 1.807) is 0 Å². The van der Waals surface area contributed by atoms with Crippen LogP contribution in [0.25, 0.3) is 0 Å². The molecule has 0 N–H and O–H groups in total. The Labute approximate surface area is 92.9 Å². The molecule has 0 bridgehead atoms. The van der Waals surface area contributed by atoms with Gasteiger partial charge >= 0.3 is 0 Å². The van der Waals surface area contributed by atoms with Crippen molar-refractivity contribution in [1.29, 1.82) is 0 Å². The molecule has 0 aliphatic carbocycles. The van der Waals surface area contributed by atoms with E-state index in [-0.39, 0.29) is 6.23 Å². The Kier molecular flexibility index (Phi) is 4.63. The molecule has 0 radical (unpaired) electrons. The fourth-order valence-electron chi connectivity index (χ4n) is 1.56. The highest BCUT2D eigenvalue weighted by Gasteiger charge is 2.09. The van der Waals surface area contributed by atoms with Gasteiger partial charge in [0.15, 0.2) is 0 Å². The number of nitrogens with zero attached hydrogens (tertiary/aromatic N) is 1. The highest BCUT2D eigenvalue weighted by molar-refractivity contribution is 5.48. The minimum atomic E-state index is 0.127. The zero-order valence-electron chi connectivity index (χ0n) is 10.2. The summed E-state index contributed by atoms with van der Waals surface area (Å²) in [6.07, 6.45) is 1.20. The molecule has 1 aromatic rings. The number of rotatable bonds is 5. The van der Waals surface area contributed by atoms with E-state index in [0.29, 0.717) is 0 Å². The van der Waals surface area contributed by atoms with Crippen LogP contribution in [-0.4, -0.2) is 19.9 Å². The maximum absolute atomic E-state index is 5.56. The Bertz CT molecular complexity index is 298. The Balaban J connectivity index is 2.76.